The van der Waals surface area contributed by atoms with Crippen molar-refractivity contribution in [1.82, 2.24) is 10.1 Å². The molecule has 0 N–H and O–H groups in total. The van der Waals surface area contributed by atoms with Crippen molar-refractivity contribution in [2.45, 2.75) is 0 Å². The van der Waals surface area contributed by atoms with Crippen molar-refractivity contribution in [3.8, 4) is 10.7 Å². The van der Waals surface area contributed by atoms with Crippen molar-refractivity contribution in [1.29, 1.82) is 0 Å². The summed E-state index contributed by atoms with van der Waals surface area (Å²) in [6, 6.07) is 24.2. The van der Waals surface area contributed by atoms with E-state index in [1.807, 2.05) is 66.0 Å². The molecule has 0 aliphatic rings. The van der Waals surface area contributed by atoms with E-state index in [0.29, 0.717) is 11.7 Å². The number of hydrogen-bond acceptors (Lipinski definition) is 4. The van der Waals surface area contributed by atoms with Crippen LogP contribution in [0.5, 0.6) is 0 Å². The quantitative estimate of drug-likeness (QED) is 0.471. The van der Waals surface area contributed by atoms with Gasteiger partial charge in [-0.25, -0.2) is 0 Å². The van der Waals surface area contributed by atoms with Crippen molar-refractivity contribution in [3.63, 3.8) is 0 Å². The lowest BCUT2D eigenvalue weighted by Crippen LogP contribution is -1.89. The lowest BCUT2D eigenvalue weighted by Gasteiger charge is -2.03. The molecule has 0 atom stereocenters. The van der Waals surface area contributed by atoms with Crippen molar-refractivity contribution >= 4 is 23.0 Å². The second-order valence-corrected chi connectivity index (χ2v) is 6.18. The zero-order valence-corrected chi connectivity index (χ0v) is 13.6. The molecule has 0 fully saturated rings. The van der Waals surface area contributed by atoms with Crippen molar-refractivity contribution < 1.29 is 4.52 Å². The maximum atomic E-state index is 5.55. The van der Waals surface area contributed by atoms with E-state index < -0.39 is 0 Å². The minimum Gasteiger partial charge on any atom is -0.334 e. The van der Waals surface area contributed by atoms with Gasteiger partial charge >= 0.3 is 0 Å². The summed E-state index contributed by atoms with van der Waals surface area (Å²) in [5.74, 6) is 1.14. The molecule has 0 spiro atoms. The van der Waals surface area contributed by atoms with Crippen molar-refractivity contribution in [3.05, 3.63) is 95.2 Å². The van der Waals surface area contributed by atoms with Gasteiger partial charge in [-0.1, -0.05) is 71.9 Å². The van der Waals surface area contributed by atoms with E-state index >= 15 is 0 Å². The van der Waals surface area contributed by atoms with Gasteiger partial charge in [-0.15, -0.1) is 11.3 Å². The van der Waals surface area contributed by atoms with Crippen LogP contribution in [0.25, 0.3) is 22.4 Å². The first-order valence-corrected chi connectivity index (χ1v) is 8.48. The van der Waals surface area contributed by atoms with Gasteiger partial charge in [-0.3, -0.25) is 0 Å². The second-order valence-electron chi connectivity index (χ2n) is 5.24. The molecule has 2 heterocycles. The standard InChI is InChI=1S/C20H14N2OS/c1-3-8-15(9-4-1)14-17(16-10-5-2-6-11-16)20-21-19(22-23-20)18-12-7-13-24-18/h1-14H/b17-14-. The molecule has 24 heavy (non-hydrogen) atoms. The molecular formula is C20H14N2OS. The van der Waals surface area contributed by atoms with Gasteiger partial charge in [-0.2, -0.15) is 4.98 Å². The Kier molecular flexibility index (Phi) is 4.04. The first-order valence-electron chi connectivity index (χ1n) is 7.60. The molecule has 3 nitrogen and oxygen atoms in total. The van der Waals surface area contributed by atoms with E-state index in [0.717, 1.165) is 21.6 Å². The summed E-state index contributed by atoms with van der Waals surface area (Å²) in [5.41, 5.74) is 3.05. The largest absolute Gasteiger partial charge is 0.334 e. The van der Waals surface area contributed by atoms with Crippen LogP contribution in [0.2, 0.25) is 0 Å². The number of benzene rings is 2. The summed E-state index contributed by atoms with van der Waals surface area (Å²) < 4.78 is 5.55. The molecule has 0 saturated heterocycles. The summed E-state index contributed by atoms with van der Waals surface area (Å²) in [5, 5.41) is 6.13. The summed E-state index contributed by atoms with van der Waals surface area (Å²) >= 11 is 1.60. The summed E-state index contributed by atoms with van der Waals surface area (Å²) in [6.45, 7) is 0. The molecule has 0 bridgehead atoms. The van der Waals surface area contributed by atoms with Crippen molar-refractivity contribution in [2.75, 3.05) is 0 Å². The molecule has 0 radical (unpaired) electrons. The maximum Gasteiger partial charge on any atom is 0.258 e. The third kappa shape index (κ3) is 3.05. The second kappa shape index (κ2) is 6.64. The summed E-state index contributed by atoms with van der Waals surface area (Å²) in [7, 11) is 0. The van der Waals surface area contributed by atoms with Crippen LogP contribution in [0.4, 0.5) is 0 Å². The number of aromatic nitrogens is 2. The Labute approximate surface area is 143 Å². The Morgan fingerprint density at radius 1 is 0.875 bits per heavy atom. The molecule has 4 rings (SSSR count). The number of nitrogens with zero attached hydrogens (tertiary/aromatic N) is 2. The highest BCUT2D eigenvalue weighted by atomic mass is 32.1. The van der Waals surface area contributed by atoms with Crippen LogP contribution < -0.4 is 0 Å². The van der Waals surface area contributed by atoms with E-state index in [1.54, 1.807) is 11.3 Å². The van der Waals surface area contributed by atoms with Gasteiger partial charge in [-0.05, 0) is 28.6 Å². The lowest BCUT2D eigenvalue weighted by atomic mass is 10.0. The maximum absolute atomic E-state index is 5.55. The minimum absolute atomic E-state index is 0.522. The molecular weight excluding hydrogens is 316 g/mol. The summed E-state index contributed by atoms with van der Waals surface area (Å²) in [4.78, 5) is 5.59. The van der Waals surface area contributed by atoms with Gasteiger partial charge in [0.15, 0.2) is 0 Å². The van der Waals surface area contributed by atoms with Crippen LogP contribution in [0.1, 0.15) is 17.0 Å². The van der Waals surface area contributed by atoms with E-state index in [1.165, 1.54) is 0 Å². The van der Waals surface area contributed by atoms with E-state index in [9.17, 15) is 0 Å². The molecule has 0 amide bonds. The monoisotopic (exact) mass is 330 g/mol. The van der Waals surface area contributed by atoms with Crippen LogP contribution in [-0.4, -0.2) is 10.1 Å². The Balaban J connectivity index is 1.80. The Morgan fingerprint density at radius 3 is 2.33 bits per heavy atom. The molecule has 2 aromatic heterocycles. The molecule has 0 aliphatic heterocycles. The van der Waals surface area contributed by atoms with Crippen LogP contribution in [-0.2, 0) is 0 Å². The van der Waals surface area contributed by atoms with E-state index in [-0.39, 0.29) is 0 Å². The topological polar surface area (TPSA) is 38.9 Å². The van der Waals surface area contributed by atoms with E-state index in [4.69, 9.17) is 4.52 Å². The number of hydrogen-bond donors (Lipinski definition) is 0. The normalized spacial score (nSPS) is 11.6. The summed E-state index contributed by atoms with van der Waals surface area (Å²) in [6.07, 6.45) is 2.07. The molecule has 0 aliphatic carbocycles. The van der Waals surface area contributed by atoms with Crippen molar-refractivity contribution in [2.24, 2.45) is 0 Å². The lowest BCUT2D eigenvalue weighted by molar-refractivity contribution is 0.409. The van der Waals surface area contributed by atoms with Gasteiger partial charge in [0.1, 0.15) is 0 Å². The van der Waals surface area contributed by atoms with Gasteiger partial charge in [0.2, 0.25) is 5.82 Å². The number of rotatable bonds is 4. The molecule has 4 aromatic rings. The molecule has 116 valence electrons. The molecule has 0 unspecified atom stereocenters. The van der Waals surface area contributed by atoms with E-state index in [2.05, 4.69) is 28.3 Å². The predicted molar refractivity (Wildman–Crippen MR) is 97.5 cm³/mol. The van der Waals surface area contributed by atoms with Gasteiger partial charge < -0.3 is 4.52 Å². The first kappa shape index (κ1) is 14.6. The Bertz CT molecular complexity index is 942. The fraction of sp³-hybridized carbons (Fsp3) is 0. The van der Waals surface area contributed by atoms with Crippen LogP contribution in [0, 0.1) is 0 Å². The fourth-order valence-electron chi connectivity index (χ4n) is 2.44. The predicted octanol–water partition coefficient (Wildman–Crippen LogP) is 5.39. The third-order valence-electron chi connectivity index (χ3n) is 3.59. The first-order chi connectivity index (χ1) is 11.9. The smallest absolute Gasteiger partial charge is 0.258 e. The van der Waals surface area contributed by atoms with Gasteiger partial charge in [0.05, 0.1) is 4.88 Å². The highest BCUT2D eigenvalue weighted by Crippen LogP contribution is 2.28. The Hall–Kier alpha value is -2.98. The zero-order valence-electron chi connectivity index (χ0n) is 12.8. The SMILES string of the molecule is C(=C(\c1ccccc1)c1nc(-c2cccs2)no1)/c1ccccc1. The van der Waals surface area contributed by atoms with Crippen LogP contribution in [0.15, 0.2) is 82.7 Å². The molecule has 2 aromatic carbocycles. The molecule has 0 saturated carbocycles. The Morgan fingerprint density at radius 2 is 1.62 bits per heavy atom. The zero-order chi connectivity index (χ0) is 16.2. The van der Waals surface area contributed by atoms with Crippen LogP contribution >= 0.6 is 11.3 Å². The third-order valence-corrected chi connectivity index (χ3v) is 4.46. The minimum atomic E-state index is 0.522. The fourth-order valence-corrected chi connectivity index (χ4v) is 3.09. The van der Waals surface area contributed by atoms with Gasteiger partial charge in [0, 0.05) is 5.57 Å². The average Bonchev–Trinajstić information content (AvgIpc) is 3.33. The highest BCUT2D eigenvalue weighted by Gasteiger charge is 2.15. The van der Waals surface area contributed by atoms with Crippen LogP contribution in [0.3, 0.4) is 0 Å². The highest BCUT2D eigenvalue weighted by molar-refractivity contribution is 7.13. The van der Waals surface area contributed by atoms with Gasteiger partial charge in [0.25, 0.3) is 5.89 Å². The average molecular weight is 330 g/mol. The number of thiophene rings is 1. The molecule has 4 heteroatoms.